The number of aliphatic hydroxyl groups excluding tert-OH is 1. The molecule has 0 aliphatic rings. The highest BCUT2D eigenvalue weighted by atomic mass is 16.3. The molecule has 1 rings (SSSR count). The fraction of sp³-hybridized carbons (Fsp3) is 0.538. The first-order valence-electron chi connectivity index (χ1n) is 5.43. The van der Waals surface area contributed by atoms with Crippen LogP contribution in [0.4, 0.5) is 0 Å². The van der Waals surface area contributed by atoms with Gasteiger partial charge in [-0.2, -0.15) is 0 Å². The molecule has 0 saturated heterocycles. The maximum atomic E-state index is 9.95. The molecule has 1 aromatic rings. The van der Waals surface area contributed by atoms with Crippen LogP contribution in [0.2, 0.25) is 0 Å². The van der Waals surface area contributed by atoms with E-state index < -0.39 is 0 Å². The van der Waals surface area contributed by atoms with Crippen LogP contribution in [0.5, 0.6) is 0 Å². The Kier molecular flexibility index (Phi) is 4.15. The molecule has 0 amide bonds. The van der Waals surface area contributed by atoms with Crippen LogP contribution < -0.4 is 0 Å². The third kappa shape index (κ3) is 2.58. The smallest absolute Gasteiger partial charge is 0.0792 e. The Morgan fingerprint density at radius 1 is 1.14 bits per heavy atom. The van der Waals surface area contributed by atoms with Crippen LogP contribution >= 0.6 is 0 Å². The minimum atomic E-state index is -0.293. The van der Waals surface area contributed by atoms with Crippen molar-refractivity contribution >= 4 is 0 Å². The number of aliphatic hydroxyl groups is 1. The summed E-state index contributed by atoms with van der Waals surface area (Å²) in [5.41, 5.74) is 2.37. The van der Waals surface area contributed by atoms with Crippen LogP contribution in [0.3, 0.4) is 0 Å². The molecule has 0 heterocycles. The molecule has 0 fully saturated rings. The predicted octanol–water partition coefficient (Wildman–Crippen LogP) is 3.64. The Labute approximate surface area is 86.8 Å². The zero-order chi connectivity index (χ0) is 10.6. The van der Waals surface area contributed by atoms with Crippen molar-refractivity contribution in [1.29, 1.82) is 0 Å². The maximum absolute atomic E-state index is 9.95. The van der Waals surface area contributed by atoms with Crippen LogP contribution in [0.15, 0.2) is 24.3 Å². The van der Waals surface area contributed by atoms with Gasteiger partial charge in [0.2, 0.25) is 0 Å². The molecule has 0 aromatic heterocycles. The molecular weight excluding hydrogens is 172 g/mol. The summed E-state index contributed by atoms with van der Waals surface area (Å²) in [6.45, 7) is 6.43. The van der Waals surface area contributed by atoms with E-state index in [1.807, 2.05) is 18.2 Å². The van der Waals surface area contributed by atoms with Gasteiger partial charge >= 0.3 is 0 Å². The molecular formula is C13H20O. The van der Waals surface area contributed by atoms with E-state index in [1.165, 1.54) is 5.56 Å². The Hall–Kier alpha value is -0.820. The lowest BCUT2D eigenvalue weighted by atomic mass is 9.92. The van der Waals surface area contributed by atoms with Gasteiger partial charge in [0.15, 0.2) is 0 Å². The number of rotatable bonds is 4. The minimum Gasteiger partial charge on any atom is -0.388 e. The van der Waals surface area contributed by atoms with Gasteiger partial charge in [0.1, 0.15) is 0 Å². The van der Waals surface area contributed by atoms with Crippen LogP contribution in [0.25, 0.3) is 0 Å². The first-order valence-corrected chi connectivity index (χ1v) is 5.43. The molecule has 78 valence electrons. The molecule has 0 spiro atoms. The van der Waals surface area contributed by atoms with Gasteiger partial charge in [-0.15, -0.1) is 0 Å². The highest BCUT2D eigenvalue weighted by Crippen LogP contribution is 2.27. The summed E-state index contributed by atoms with van der Waals surface area (Å²) < 4.78 is 0. The van der Waals surface area contributed by atoms with Gasteiger partial charge in [0, 0.05) is 0 Å². The molecule has 1 heteroatoms. The fourth-order valence-electron chi connectivity index (χ4n) is 1.77. The Bertz CT molecular complexity index is 278. The van der Waals surface area contributed by atoms with Crippen LogP contribution in [0.1, 0.15) is 56.8 Å². The number of benzene rings is 1. The van der Waals surface area contributed by atoms with Crippen LogP contribution in [-0.2, 0) is 0 Å². The molecule has 1 aromatic carbocycles. The Morgan fingerprint density at radius 3 is 2.21 bits per heavy atom. The second-order valence-electron chi connectivity index (χ2n) is 4.09. The summed E-state index contributed by atoms with van der Waals surface area (Å²) >= 11 is 0. The van der Waals surface area contributed by atoms with Crippen molar-refractivity contribution < 1.29 is 5.11 Å². The summed E-state index contributed by atoms with van der Waals surface area (Å²) in [5.74, 6) is 0.484. The van der Waals surface area contributed by atoms with E-state index in [1.54, 1.807) is 0 Å². The Balaban J connectivity index is 2.94. The lowest BCUT2D eigenvalue weighted by Gasteiger charge is -2.17. The van der Waals surface area contributed by atoms with Crippen LogP contribution in [0, 0.1) is 0 Å². The van der Waals surface area contributed by atoms with Gasteiger partial charge in [-0.05, 0) is 23.5 Å². The summed E-state index contributed by atoms with van der Waals surface area (Å²) in [7, 11) is 0. The number of hydrogen-bond donors (Lipinski definition) is 1. The standard InChI is InChI=1S/C13H20O/c1-4-7-13(14)12-9-6-5-8-11(12)10(2)3/h5-6,8-10,13-14H,4,7H2,1-3H3/t13-/m0/s1. The molecule has 14 heavy (non-hydrogen) atoms. The van der Waals surface area contributed by atoms with Crippen molar-refractivity contribution in [1.82, 2.24) is 0 Å². The second kappa shape index (κ2) is 5.16. The number of hydrogen-bond acceptors (Lipinski definition) is 1. The zero-order valence-corrected chi connectivity index (χ0v) is 9.33. The molecule has 0 radical (unpaired) electrons. The molecule has 1 nitrogen and oxygen atoms in total. The molecule has 1 atom stereocenters. The molecule has 1 N–H and O–H groups in total. The van der Waals surface area contributed by atoms with Gasteiger partial charge < -0.3 is 5.11 Å². The van der Waals surface area contributed by atoms with Gasteiger partial charge in [0.25, 0.3) is 0 Å². The van der Waals surface area contributed by atoms with E-state index in [2.05, 4.69) is 26.8 Å². The normalized spacial score (nSPS) is 13.2. The SMILES string of the molecule is CCC[C@H](O)c1ccccc1C(C)C. The van der Waals surface area contributed by atoms with Gasteiger partial charge in [-0.25, -0.2) is 0 Å². The molecule has 0 bridgehead atoms. The summed E-state index contributed by atoms with van der Waals surface area (Å²) in [6.07, 6.45) is 1.58. The first-order chi connectivity index (χ1) is 6.66. The summed E-state index contributed by atoms with van der Waals surface area (Å²) in [4.78, 5) is 0. The molecule has 0 saturated carbocycles. The lowest BCUT2D eigenvalue weighted by molar-refractivity contribution is 0.165. The largest absolute Gasteiger partial charge is 0.388 e. The van der Waals surface area contributed by atoms with Crippen molar-refractivity contribution in [3.63, 3.8) is 0 Å². The van der Waals surface area contributed by atoms with Crippen molar-refractivity contribution in [3.8, 4) is 0 Å². The van der Waals surface area contributed by atoms with E-state index in [-0.39, 0.29) is 6.10 Å². The van der Waals surface area contributed by atoms with E-state index in [0.29, 0.717) is 5.92 Å². The molecule has 0 aliphatic carbocycles. The molecule has 0 aliphatic heterocycles. The van der Waals surface area contributed by atoms with E-state index in [0.717, 1.165) is 18.4 Å². The molecule has 0 unspecified atom stereocenters. The highest BCUT2D eigenvalue weighted by Gasteiger charge is 2.12. The van der Waals surface area contributed by atoms with E-state index in [9.17, 15) is 5.11 Å². The third-order valence-electron chi connectivity index (χ3n) is 2.54. The third-order valence-corrected chi connectivity index (χ3v) is 2.54. The fourth-order valence-corrected chi connectivity index (χ4v) is 1.77. The van der Waals surface area contributed by atoms with Crippen LogP contribution in [-0.4, -0.2) is 5.11 Å². The van der Waals surface area contributed by atoms with Crippen molar-refractivity contribution in [2.75, 3.05) is 0 Å². The van der Waals surface area contributed by atoms with Gasteiger partial charge in [0.05, 0.1) is 6.10 Å². The topological polar surface area (TPSA) is 20.2 Å². The van der Waals surface area contributed by atoms with Crippen molar-refractivity contribution in [2.24, 2.45) is 0 Å². The first kappa shape index (κ1) is 11.3. The monoisotopic (exact) mass is 192 g/mol. The zero-order valence-electron chi connectivity index (χ0n) is 9.33. The van der Waals surface area contributed by atoms with E-state index >= 15 is 0 Å². The van der Waals surface area contributed by atoms with E-state index in [4.69, 9.17) is 0 Å². The quantitative estimate of drug-likeness (QED) is 0.772. The van der Waals surface area contributed by atoms with Crippen molar-refractivity contribution in [3.05, 3.63) is 35.4 Å². The van der Waals surface area contributed by atoms with Crippen molar-refractivity contribution in [2.45, 2.75) is 45.6 Å². The summed E-state index contributed by atoms with van der Waals surface area (Å²) in [6, 6.07) is 8.19. The minimum absolute atomic E-state index is 0.293. The highest BCUT2D eigenvalue weighted by molar-refractivity contribution is 5.31. The lowest BCUT2D eigenvalue weighted by Crippen LogP contribution is -2.02. The average molecular weight is 192 g/mol. The Morgan fingerprint density at radius 2 is 1.71 bits per heavy atom. The average Bonchev–Trinajstić information content (AvgIpc) is 2.18. The maximum Gasteiger partial charge on any atom is 0.0792 e. The predicted molar refractivity (Wildman–Crippen MR) is 60.4 cm³/mol. The van der Waals surface area contributed by atoms with Gasteiger partial charge in [-0.3, -0.25) is 0 Å². The summed E-state index contributed by atoms with van der Waals surface area (Å²) in [5, 5.41) is 9.95. The van der Waals surface area contributed by atoms with Gasteiger partial charge in [-0.1, -0.05) is 51.5 Å². The second-order valence-corrected chi connectivity index (χ2v) is 4.09.